The number of carbonyl (C=O) groups is 2. The normalized spacial score (nSPS) is 10.7. The fourth-order valence-electron chi connectivity index (χ4n) is 2.16. The van der Waals surface area contributed by atoms with Crippen molar-refractivity contribution in [1.29, 1.82) is 0 Å². The number of hydrogen-bond donors (Lipinski definition) is 1. The lowest BCUT2D eigenvalue weighted by Gasteiger charge is -2.16. The van der Waals surface area contributed by atoms with Gasteiger partial charge in [0.2, 0.25) is 0 Å². The molecule has 0 saturated carbocycles. The van der Waals surface area contributed by atoms with Crippen LogP contribution in [0.4, 0.5) is 0 Å². The van der Waals surface area contributed by atoms with Crippen molar-refractivity contribution in [3.8, 4) is 11.5 Å². The molecule has 0 aromatic heterocycles. The Morgan fingerprint density at radius 2 is 1.84 bits per heavy atom. The summed E-state index contributed by atoms with van der Waals surface area (Å²) in [5.41, 5.74) is 0.188. The minimum Gasteiger partial charge on any atom is -0.493 e. The average molecular weight is 372 g/mol. The van der Waals surface area contributed by atoms with E-state index in [1.54, 1.807) is 0 Å². The van der Waals surface area contributed by atoms with E-state index in [1.165, 1.54) is 19.2 Å². The van der Waals surface area contributed by atoms with E-state index >= 15 is 0 Å². The highest BCUT2D eigenvalue weighted by molar-refractivity contribution is 6.32. The first-order valence-electron chi connectivity index (χ1n) is 8.32. The molecule has 0 heterocycles. The van der Waals surface area contributed by atoms with Crippen molar-refractivity contribution < 1.29 is 23.8 Å². The molecule has 7 heteroatoms. The van der Waals surface area contributed by atoms with Gasteiger partial charge in [-0.1, -0.05) is 25.4 Å². The topological polar surface area (TPSA) is 73.9 Å². The van der Waals surface area contributed by atoms with Gasteiger partial charge in [0.15, 0.2) is 18.1 Å². The lowest BCUT2D eigenvalue weighted by molar-refractivity contribution is -0.125. The monoisotopic (exact) mass is 371 g/mol. The van der Waals surface area contributed by atoms with Gasteiger partial charge >= 0.3 is 5.97 Å². The van der Waals surface area contributed by atoms with Crippen LogP contribution in [-0.2, 0) is 9.53 Å². The Morgan fingerprint density at radius 3 is 2.36 bits per heavy atom. The standard InChI is InChI=1S/C18H26ClNO5/c1-6-13(7-2)20-16(21)10-24-18(22)12-8-14(19)17(25-11(3)4)15(9-12)23-5/h8-9,11,13H,6-7,10H2,1-5H3,(H,20,21). The number of rotatable bonds is 9. The summed E-state index contributed by atoms with van der Waals surface area (Å²) in [5.74, 6) is -0.298. The summed E-state index contributed by atoms with van der Waals surface area (Å²) in [6, 6.07) is 2.99. The van der Waals surface area contributed by atoms with Gasteiger partial charge in [-0.2, -0.15) is 0 Å². The molecule has 0 atom stereocenters. The summed E-state index contributed by atoms with van der Waals surface area (Å²) >= 11 is 6.18. The van der Waals surface area contributed by atoms with Gasteiger partial charge in [0.25, 0.3) is 5.91 Å². The highest BCUT2D eigenvalue weighted by atomic mass is 35.5. The molecule has 0 saturated heterocycles. The van der Waals surface area contributed by atoms with Crippen molar-refractivity contribution in [3.63, 3.8) is 0 Å². The van der Waals surface area contributed by atoms with Crippen LogP contribution in [0.3, 0.4) is 0 Å². The molecule has 0 unspecified atom stereocenters. The van der Waals surface area contributed by atoms with Crippen LogP contribution < -0.4 is 14.8 Å². The first-order valence-corrected chi connectivity index (χ1v) is 8.70. The number of halogens is 1. The number of nitrogens with one attached hydrogen (secondary N) is 1. The van der Waals surface area contributed by atoms with Crippen LogP contribution >= 0.6 is 11.6 Å². The van der Waals surface area contributed by atoms with Crippen LogP contribution in [0.2, 0.25) is 5.02 Å². The highest BCUT2D eigenvalue weighted by Gasteiger charge is 2.19. The van der Waals surface area contributed by atoms with Crippen molar-refractivity contribution in [2.75, 3.05) is 13.7 Å². The Labute approximate surface area is 153 Å². The third-order valence-corrected chi connectivity index (χ3v) is 3.78. The molecule has 0 aliphatic carbocycles. The van der Waals surface area contributed by atoms with Crippen LogP contribution in [0.15, 0.2) is 12.1 Å². The molecule has 0 aliphatic heterocycles. The molecule has 0 radical (unpaired) electrons. The first kappa shape index (κ1) is 21.1. The SMILES string of the molecule is CCC(CC)NC(=O)COC(=O)c1cc(Cl)c(OC(C)C)c(OC)c1. The lowest BCUT2D eigenvalue weighted by atomic mass is 10.2. The van der Waals surface area contributed by atoms with E-state index in [0.29, 0.717) is 11.5 Å². The van der Waals surface area contributed by atoms with Crippen LogP contribution in [0, 0.1) is 0 Å². The second-order valence-electron chi connectivity index (χ2n) is 5.81. The third kappa shape index (κ3) is 6.46. The molecule has 6 nitrogen and oxygen atoms in total. The molecule has 1 rings (SSSR count). The van der Waals surface area contributed by atoms with Gasteiger partial charge in [0, 0.05) is 6.04 Å². The molecule has 1 amide bonds. The Morgan fingerprint density at radius 1 is 1.20 bits per heavy atom. The molecule has 1 aromatic rings. The maximum absolute atomic E-state index is 12.2. The summed E-state index contributed by atoms with van der Waals surface area (Å²) in [7, 11) is 1.46. The lowest BCUT2D eigenvalue weighted by Crippen LogP contribution is -2.36. The van der Waals surface area contributed by atoms with Gasteiger partial charge in [-0.05, 0) is 38.8 Å². The van der Waals surface area contributed by atoms with Crippen LogP contribution in [0.1, 0.15) is 50.9 Å². The summed E-state index contributed by atoms with van der Waals surface area (Å²) in [6.45, 7) is 7.33. The number of esters is 1. The largest absolute Gasteiger partial charge is 0.493 e. The molecule has 0 bridgehead atoms. The molecule has 25 heavy (non-hydrogen) atoms. The fraction of sp³-hybridized carbons (Fsp3) is 0.556. The molecule has 0 spiro atoms. The molecular weight excluding hydrogens is 346 g/mol. The number of methoxy groups -OCH3 is 1. The van der Waals surface area contributed by atoms with Crippen molar-refractivity contribution >= 4 is 23.5 Å². The van der Waals surface area contributed by atoms with Gasteiger partial charge in [-0.25, -0.2) is 4.79 Å². The van der Waals surface area contributed by atoms with E-state index in [9.17, 15) is 9.59 Å². The zero-order chi connectivity index (χ0) is 19.0. The van der Waals surface area contributed by atoms with Crippen molar-refractivity contribution in [2.24, 2.45) is 0 Å². The van der Waals surface area contributed by atoms with Crippen molar-refractivity contribution in [1.82, 2.24) is 5.32 Å². The predicted molar refractivity (Wildman–Crippen MR) is 96.6 cm³/mol. The van der Waals surface area contributed by atoms with Gasteiger partial charge in [0.1, 0.15) is 0 Å². The zero-order valence-electron chi connectivity index (χ0n) is 15.3. The second kappa shape index (κ2) is 10.1. The molecule has 0 aliphatic rings. The number of amides is 1. The van der Waals surface area contributed by atoms with Gasteiger partial charge in [0.05, 0.1) is 23.8 Å². The number of carbonyl (C=O) groups excluding carboxylic acids is 2. The highest BCUT2D eigenvalue weighted by Crippen LogP contribution is 2.37. The Kier molecular flexibility index (Phi) is 8.55. The van der Waals surface area contributed by atoms with Crippen LogP contribution in [0.25, 0.3) is 0 Å². The minimum absolute atomic E-state index is 0.0770. The summed E-state index contributed by atoms with van der Waals surface area (Å²) < 4.78 is 15.9. The summed E-state index contributed by atoms with van der Waals surface area (Å²) in [6.07, 6.45) is 1.54. The minimum atomic E-state index is -0.656. The molecule has 1 N–H and O–H groups in total. The number of ether oxygens (including phenoxy) is 3. The summed E-state index contributed by atoms with van der Waals surface area (Å²) in [5, 5.41) is 3.04. The van der Waals surface area contributed by atoms with Crippen molar-refractivity contribution in [3.05, 3.63) is 22.7 Å². The third-order valence-electron chi connectivity index (χ3n) is 3.50. The predicted octanol–water partition coefficient (Wildman–Crippen LogP) is 3.60. The Bertz CT molecular complexity index is 599. The maximum atomic E-state index is 12.2. The van der Waals surface area contributed by atoms with Crippen molar-refractivity contribution in [2.45, 2.75) is 52.7 Å². The van der Waals surface area contributed by atoms with Gasteiger partial charge in [-0.15, -0.1) is 0 Å². The Balaban J connectivity index is 2.78. The van der Waals surface area contributed by atoms with E-state index < -0.39 is 5.97 Å². The average Bonchev–Trinajstić information content (AvgIpc) is 2.58. The van der Waals surface area contributed by atoms with E-state index in [-0.39, 0.29) is 35.2 Å². The van der Waals surface area contributed by atoms with Crippen LogP contribution in [-0.4, -0.2) is 37.7 Å². The Hall–Kier alpha value is -1.95. The van der Waals surface area contributed by atoms with E-state index in [1.807, 2.05) is 27.7 Å². The molecule has 140 valence electrons. The molecule has 1 aromatic carbocycles. The first-order chi connectivity index (χ1) is 11.8. The van der Waals surface area contributed by atoms with E-state index in [4.69, 9.17) is 25.8 Å². The maximum Gasteiger partial charge on any atom is 0.338 e. The van der Waals surface area contributed by atoms with Gasteiger partial charge < -0.3 is 19.5 Å². The quantitative estimate of drug-likeness (QED) is 0.671. The van der Waals surface area contributed by atoms with Gasteiger partial charge in [-0.3, -0.25) is 4.79 Å². The van der Waals surface area contributed by atoms with E-state index in [2.05, 4.69) is 5.32 Å². The molecular formula is C18H26ClNO5. The van der Waals surface area contributed by atoms with Crippen LogP contribution in [0.5, 0.6) is 11.5 Å². The number of hydrogen-bond acceptors (Lipinski definition) is 5. The fourth-order valence-corrected chi connectivity index (χ4v) is 2.42. The molecule has 0 fully saturated rings. The zero-order valence-corrected chi connectivity index (χ0v) is 16.1. The smallest absolute Gasteiger partial charge is 0.338 e. The number of benzene rings is 1. The van der Waals surface area contributed by atoms with E-state index in [0.717, 1.165) is 12.8 Å². The summed E-state index contributed by atoms with van der Waals surface area (Å²) in [4.78, 5) is 24.0. The second-order valence-corrected chi connectivity index (χ2v) is 6.22.